The Balaban J connectivity index is 1.97. The molecule has 21 heavy (non-hydrogen) atoms. The molecule has 0 aliphatic heterocycles. The van der Waals surface area contributed by atoms with Gasteiger partial charge in [-0.15, -0.1) is 0 Å². The molecule has 2 aromatic carbocycles. The molecule has 0 fully saturated rings. The standard InChI is InChI=1S/C14H10Br2ClFN2O/c15-8-1-3-10(4-2-8)20-13(21)7-19-14-11(16)5-9(18)6-12(14)17/h1-6,19H,7H2,(H,20,21). The van der Waals surface area contributed by atoms with E-state index in [-0.39, 0.29) is 17.5 Å². The largest absolute Gasteiger partial charge is 0.374 e. The molecule has 0 spiro atoms. The van der Waals surface area contributed by atoms with Gasteiger partial charge in [0, 0.05) is 14.6 Å². The first-order valence-electron chi connectivity index (χ1n) is 5.89. The highest BCUT2D eigenvalue weighted by atomic mass is 79.9. The number of carbonyl (C=O) groups excluding carboxylic acids is 1. The molecule has 0 radical (unpaired) electrons. The molecule has 2 N–H and O–H groups in total. The lowest BCUT2D eigenvalue weighted by Crippen LogP contribution is -2.22. The molecule has 1 amide bonds. The van der Waals surface area contributed by atoms with Crippen LogP contribution in [-0.2, 0) is 4.79 Å². The van der Waals surface area contributed by atoms with Crippen LogP contribution in [-0.4, -0.2) is 12.5 Å². The summed E-state index contributed by atoms with van der Waals surface area (Å²) < 4.78 is 14.5. The number of hydrogen-bond donors (Lipinski definition) is 2. The van der Waals surface area contributed by atoms with Gasteiger partial charge in [0.15, 0.2) is 0 Å². The zero-order valence-electron chi connectivity index (χ0n) is 10.6. The minimum Gasteiger partial charge on any atom is -0.374 e. The molecule has 0 aliphatic rings. The Morgan fingerprint density at radius 2 is 1.86 bits per heavy atom. The van der Waals surface area contributed by atoms with E-state index in [9.17, 15) is 9.18 Å². The number of hydrogen-bond acceptors (Lipinski definition) is 2. The first-order chi connectivity index (χ1) is 9.95. The third kappa shape index (κ3) is 4.69. The fourth-order valence-corrected chi connectivity index (χ4v) is 2.84. The van der Waals surface area contributed by atoms with E-state index in [0.29, 0.717) is 15.8 Å². The van der Waals surface area contributed by atoms with Crippen molar-refractivity contribution < 1.29 is 9.18 Å². The molecule has 0 heterocycles. The van der Waals surface area contributed by atoms with Gasteiger partial charge in [-0.2, -0.15) is 0 Å². The fourth-order valence-electron chi connectivity index (χ4n) is 1.62. The third-order valence-electron chi connectivity index (χ3n) is 2.56. The van der Waals surface area contributed by atoms with Crippen LogP contribution < -0.4 is 10.6 Å². The van der Waals surface area contributed by atoms with E-state index in [0.717, 1.165) is 4.47 Å². The molecule has 0 aromatic heterocycles. The van der Waals surface area contributed by atoms with Crippen molar-refractivity contribution >= 4 is 60.7 Å². The zero-order chi connectivity index (χ0) is 15.4. The molecule has 0 atom stereocenters. The van der Waals surface area contributed by atoms with Gasteiger partial charge in [0.05, 0.1) is 17.3 Å². The monoisotopic (exact) mass is 434 g/mol. The van der Waals surface area contributed by atoms with Crippen LogP contribution in [0.15, 0.2) is 45.3 Å². The van der Waals surface area contributed by atoms with Gasteiger partial charge >= 0.3 is 0 Å². The van der Waals surface area contributed by atoms with E-state index in [2.05, 4.69) is 42.5 Å². The normalized spacial score (nSPS) is 10.3. The summed E-state index contributed by atoms with van der Waals surface area (Å²) in [7, 11) is 0. The molecule has 3 nitrogen and oxygen atoms in total. The van der Waals surface area contributed by atoms with Crippen molar-refractivity contribution in [3.8, 4) is 0 Å². The van der Waals surface area contributed by atoms with Crippen LogP contribution in [0.1, 0.15) is 0 Å². The highest BCUT2D eigenvalue weighted by Gasteiger charge is 2.09. The number of carbonyl (C=O) groups is 1. The quantitative estimate of drug-likeness (QED) is 0.704. The van der Waals surface area contributed by atoms with E-state index in [1.54, 1.807) is 12.1 Å². The number of nitrogens with one attached hydrogen (secondary N) is 2. The Hall–Kier alpha value is -1.11. The van der Waals surface area contributed by atoms with Crippen LogP contribution in [0.5, 0.6) is 0 Å². The highest BCUT2D eigenvalue weighted by Crippen LogP contribution is 2.31. The molecule has 110 valence electrons. The Bertz CT molecular complexity index is 642. The van der Waals surface area contributed by atoms with Gasteiger partial charge in [0.25, 0.3) is 0 Å². The smallest absolute Gasteiger partial charge is 0.243 e. The summed E-state index contributed by atoms with van der Waals surface area (Å²) in [5.41, 5.74) is 1.17. The number of halogens is 4. The lowest BCUT2D eigenvalue weighted by Gasteiger charge is -2.11. The lowest BCUT2D eigenvalue weighted by atomic mass is 10.3. The molecule has 7 heteroatoms. The summed E-state index contributed by atoms with van der Waals surface area (Å²) in [5, 5.41) is 5.81. The van der Waals surface area contributed by atoms with Crippen LogP contribution in [0.3, 0.4) is 0 Å². The molecule has 0 aliphatic carbocycles. The molecule has 2 rings (SSSR count). The first-order valence-corrected chi connectivity index (χ1v) is 7.86. The molecule has 0 bridgehead atoms. The Morgan fingerprint density at radius 1 is 1.19 bits per heavy atom. The summed E-state index contributed by atoms with van der Waals surface area (Å²) >= 11 is 12.4. The summed E-state index contributed by atoms with van der Waals surface area (Å²) in [6.45, 7) is 0.0139. The third-order valence-corrected chi connectivity index (χ3v) is 4.01. The van der Waals surface area contributed by atoms with Crippen LogP contribution in [0, 0.1) is 5.82 Å². The van der Waals surface area contributed by atoms with Gasteiger partial charge < -0.3 is 10.6 Å². The summed E-state index contributed by atoms with van der Waals surface area (Å²) in [5.74, 6) is -0.679. The van der Waals surface area contributed by atoms with Crippen molar-refractivity contribution in [3.63, 3.8) is 0 Å². The minimum atomic E-state index is -0.447. The second-order valence-corrected chi connectivity index (χ2v) is 6.33. The average Bonchev–Trinajstić information content (AvgIpc) is 2.40. The summed E-state index contributed by atoms with van der Waals surface area (Å²) in [4.78, 5) is 11.8. The van der Waals surface area contributed by atoms with Gasteiger partial charge in [0.2, 0.25) is 5.91 Å². The van der Waals surface area contributed by atoms with E-state index in [1.807, 2.05) is 12.1 Å². The number of benzene rings is 2. The summed E-state index contributed by atoms with van der Waals surface area (Å²) in [6, 6.07) is 9.68. The predicted octanol–water partition coefficient (Wildman–Crippen LogP) is 5.05. The maximum atomic E-state index is 13.1. The van der Waals surface area contributed by atoms with E-state index < -0.39 is 5.82 Å². The van der Waals surface area contributed by atoms with Crippen molar-refractivity contribution in [1.29, 1.82) is 0 Å². The minimum absolute atomic E-state index is 0.0139. The second kappa shape index (κ2) is 7.24. The fraction of sp³-hybridized carbons (Fsp3) is 0.0714. The Kier molecular flexibility index (Phi) is 5.61. The van der Waals surface area contributed by atoms with Gasteiger partial charge in [0.1, 0.15) is 5.82 Å². The van der Waals surface area contributed by atoms with E-state index in [1.165, 1.54) is 12.1 Å². The maximum absolute atomic E-state index is 13.1. The number of amides is 1. The number of anilines is 2. The van der Waals surface area contributed by atoms with Gasteiger partial charge in [-0.05, 0) is 52.3 Å². The first kappa shape index (κ1) is 16.3. The second-order valence-electron chi connectivity index (χ2n) is 4.15. The molecular weight excluding hydrogens is 426 g/mol. The van der Waals surface area contributed by atoms with Gasteiger partial charge in [-0.1, -0.05) is 27.5 Å². The van der Waals surface area contributed by atoms with E-state index >= 15 is 0 Å². The van der Waals surface area contributed by atoms with Crippen molar-refractivity contribution in [3.05, 3.63) is 56.2 Å². The van der Waals surface area contributed by atoms with Crippen molar-refractivity contribution in [1.82, 2.24) is 0 Å². The lowest BCUT2D eigenvalue weighted by molar-refractivity contribution is -0.114. The van der Waals surface area contributed by atoms with Crippen LogP contribution in [0.2, 0.25) is 5.02 Å². The zero-order valence-corrected chi connectivity index (χ0v) is 14.5. The van der Waals surface area contributed by atoms with E-state index in [4.69, 9.17) is 11.6 Å². The van der Waals surface area contributed by atoms with Crippen molar-refractivity contribution in [2.75, 3.05) is 17.2 Å². The Labute approximate surface area is 143 Å². The van der Waals surface area contributed by atoms with Crippen molar-refractivity contribution in [2.45, 2.75) is 0 Å². The van der Waals surface area contributed by atoms with Gasteiger partial charge in [-0.25, -0.2) is 4.39 Å². The summed E-state index contributed by atoms with van der Waals surface area (Å²) in [6.07, 6.45) is 0. The average molecular weight is 437 g/mol. The van der Waals surface area contributed by atoms with Crippen LogP contribution in [0.25, 0.3) is 0 Å². The molecule has 0 unspecified atom stereocenters. The molecule has 0 saturated heterocycles. The number of rotatable bonds is 4. The Morgan fingerprint density at radius 3 is 2.48 bits per heavy atom. The van der Waals surface area contributed by atoms with Crippen molar-refractivity contribution in [2.24, 2.45) is 0 Å². The molecule has 0 saturated carbocycles. The van der Waals surface area contributed by atoms with Crippen LogP contribution in [0.4, 0.5) is 15.8 Å². The predicted molar refractivity (Wildman–Crippen MR) is 90.4 cm³/mol. The SMILES string of the molecule is O=C(CNc1c(Cl)cc(F)cc1Br)Nc1ccc(Br)cc1. The van der Waals surface area contributed by atoms with Gasteiger partial charge in [-0.3, -0.25) is 4.79 Å². The highest BCUT2D eigenvalue weighted by molar-refractivity contribution is 9.10. The van der Waals surface area contributed by atoms with Crippen LogP contribution >= 0.6 is 43.5 Å². The topological polar surface area (TPSA) is 41.1 Å². The maximum Gasteiger partial charge on any atom is 0.243 e. The molecular formula is C14H10Br2ClFN2O. The molecule has 2 aromatic rings.